The second-order valence-corrected chi connectivity index (χ2v) is 2.02. The van der Waals surface area contributed by atoms with Crippen LogP contribution in [0.15, 0.2) is 0 Å². The lowest BCUT2D eigenvalue weighted by Crippen LogP contribution is -2.23. The summed E-state index contributed by atoms with van der Waals surface area (Å²) in [6, 6.07) is 0.444. The molecule has 1 aliphatic rings. The molecule has 0 fully saturated rings. The van der Waals surface area contributed by atoms with Crippen molar-refractivity contribution in [1.29, 1.82) is 0 Å². The highest BCUT2D eigenvalue weighted by molar-refractivity contribution is 5.49. The lowest BCUT2D eigenvalue weighted by Gasteiger charge is -1.95. The van der Waals surface area contributed by atoms with Crippen LogP contribution in [-0.2, 0) is 0 Å². The van der Waals surface area contributed by atoms with E-state index in [0.717, 1.165) is 13.0 Å². The van der Waals surface area contributed by atoms with Crippen LogP contribution in [-0.4, -0.2) is 28.9 Å². The van der Waals surface area contributed by atoms with Crippen LogP contribution in [0.1, 0.15) is 13.3 Å². The summed E-state index contributed by atoms with van der Waals surface area (Å²) in [6.07, 6.45) is 2.65. The Balaban J connectivity index is 2.32. The Kier molecular flexibility index (Phi) is 1.37. The maximum Gasteiger partial charge on any atom is 0.271 e. The van der Waals surface area contributed by atoms with Gasteiger partial charge in [-0.15, -0.1) is 0 Å². The maximum absolute atomic E-state index is 8.75. The summed E-state index contributed by atoms with van der Waals surface area (Å²) in [5.74, 6) is 0. The molecule has 2 N–H and O–H groups in total. The zero-order valence-electron chi connectivity index (χ0n) is 4.96. The quantitative estimate of drug-likeness (QED) is 0.366. The third-order valence-electron chi connectivity index (χ3n) is 1.36. The van der Waals surface area contributed by atoms with E-state index < -0.39 is 0 Å². The number of rotatable bonds is 1. The summed E-state index contributed by atoms with van der Waals surface area (Å²) in [6.45, 7) is 2.81. The van der Waals surface area contributed by atoms with Gasteiger partial charge in [0, 0.05) is 0 Å². The van der Waals surface area contributed by atoms with Crippen LogP contribution in [0.5, 0.6) is 0 Å². The third-order valence-corrected chi connectivity index (χ3v) is 1.36. The average molecular weight is 115 g/mol. The Morgan fingerprint density at radius 3 is 3.00 bits per heavy atom. The number of hydrogen-bond acceptors (Lipinski definition) is 2. The molecule has 3 heteroatoms. The standard InChI is InChI=1S/C5H10N2O/c1-2-5-3-7(8)4-6-5/h4-5,8H,2-3H2,1H3/p+1. The number of nitrogens with zero attached hydrogens (tertiary/aromatic N) is 1. The van der Waals surface area contributed by atoms with Crippen molar-refractivity contribution >= 4 is 6.34 Å². The minimum Gasteiger partial charge on any atom is -0.355 e. The topological polar surface area (TPSA) is 35.3 Å². The highest BCUT2D eigenvalue weighted by atomic mass is 16.5. The van der Waals surface area contributed by atoms with E-state index in [1.807, 2.05) is 0 Å². The van der Waals surface area contributed by atoms with E-state index in [4.69, 9.17) is 5.21 Å². The highest BCUT2D eigenvalue weighted by Gasteiger charge is 2.18. The third kappa shape index (κ3) is 0.911. The van der Waals surface area contributed by atoms with Crippen LogP contribution >= 0.6 is 0 Å². The molecule has 0 bridgehead atoms. The molecular formula is C5H11N2O+. The SMILES string of the molecule is CCC1C[N+](O)=CN1. The lowest BCUT2D eigenvalue weighted by molar-refractivity contribution is -0.767. The molecule has 1 rings (SSSR count). The van der Waals surface area contributed by atoms with Gasteiger partial charge < -0.3 is 5.21 Å². The van der Waals surface area contributed by atoms with Gasteiger partial charge in [0.1, 0.15) is 6.04 Å². The number of hydroxylamine groups is 1. The highest BCUT2D eigenvalue weighted by Crippen LogP contribution is 1.92. The fourth-order valence-corrected chi connectivity index (χ4v) is 0.770. The zero-order chi connectivity index (χ0) is 5.98. The molecule has 3 nitrogen and oxygen atoms in total. The van der Waals surface area contributed by atoms with E-state index in [0.29, 0.717) is 6.04 Å². The molecule has 0 saturated heterocycles. The lowest BCUT2D eigenvalue weighted by atomic mass is 10.2. The van der Waals surface area contributed by atoms with E-state index in [-0.39, 0.29) is 0 Å². The normalized spacial score (nSPS) is 27.1. The summed E-state index contributed by atoms with van der Waals surface area (Å²) in [7, 11) is 0. The van der Waals surface area contributed by atoms with Gasteiger partial charge in [-0.05, 0) is 6.42 Å². The predicted molar refractivity (Wildman–Crippen MR) is 30.2 cm³/mol. The Hall–Kier alpha value is -0.730. The fraction of sp³-hybridized carbons (Fsp3) is 0.800. The summed E-state index contributed by atoms with van der Waals surface area (Å²) >= 11 is 0. The second-order valence-electron chi connectivity index (χ2n) is 2.02. The number of hydrogen-bond donors (Lipinski definition) is 2. The summed E-state index contributed by atoms with van der Waals surface area (Å²) < 4.78 is 1.17. The second kappa shape index (κ2) is 2.03. The maximum atomic E-state index is 8.75. The molecule has 8 heavy (non-hydrogen) atoms. The van der Waals surface area contributed by atoms with Crippen molar-refractivity contribution in [2.24, 2.45) is 0 Å². The van der Waals surface area contributed by atoms with Gasteiger partial charge in [0.15, 0.2) is 6.54 Å². The van der Waals surface area contributed by atoms with Crippen molar-refractivity contribution in [3.8, 4) is 0 Å². The van der Waals surface area contributed by atoms with E-state index in [1.54, 1.807) is 6.34 Å². The molecule has 0 aromatic rings. The van der Waals surface area contributed by atoms with Gasteiger partial charge in [0.25, 0.3) is 6.34 Å². The van der Waals surface area contributed by atoms with Crippen molar-refractivity contribution < 1.29 is 9.95 Å². The Labute approximate surface area is 48.6 Å². The van der Waals surface area contributed by atoms with Crippen molar-refractivity contribution in [2.75, 3.05) is 6.54 Å². The first-order valence-electron chi connectivity index (χ1n) is 2.88. The Bertz CT molecular complexity index is 111. The molecule has 0 aromatic carbocycles. The summed E-state index contributed by atoms with van der Waals surface area (Å²) in [5, 5.41) is 11.8. The molecule has 1 heterocycles. The van der Waals surface area contributed by atoms with Crippen LogP contribution in [0.2, 0.25) is 0 Å². The molecule has 1 aliphatic heterocycles. The van der Waals surface area contributed by atoms with Crippen molar-refractivity contribution in [3.05, 3.63) is 0 Å². The van der Waals surface area contributed by atoms with Crippen LogP contribution < -0.4 is 5.32 Å². The van der Waals surface area contributed by atoms with E-state index in [2.05, 4.69) is 12.2 Å². The fourth-order valence-electron chi connectivity index (χ4n) is 0.770. The molecule has 0 saturated carbocycles. The predicted octanol–water partition coefficient (Wildman–Crippen LogP) is -0.202. The molecule has 1 atom stereocenters. The van der Waals surface area contributed by atoms with Crippen molar-refractivity contribution in [2.45, 2.75) is 19.4 Å². The van der Waals surface area contributed by atoms with Gasteiger partial charge >= 0.3 is 0 Å². The molecule has 0 amide bonds. The molecule has 1 unspecified atom stereocenters. The monoisotopic (exact) mass is 115 g/mol. The van der Waals surface area contributed by atoms with Crippen molar-refractivity contribution in [1.82, 2.24) is 5.32 Å². The van der Waals surface area contributed by atoms with Gasteiger partial charge in [0.05, 0.1) is 0 Å². The van der Waals surface area contributed by atoms with Gasteiger partial charge in [-0.3, -0.25) is 5.32 Å². The zero-order valence-corrected chi connectivity index (χ0v) is 4.96. The smallest absolute Gasteiger partial charge is 0.271 e. The first-order chi connectivity index (χ1) is 3.83. The molecule has 0 aromatic heterocycles. The summed E-state index contributed by atoms with van der Waals surface area (Å²) in [4.78, 5) is 0. The molecular weight excluding hydrogens is 104 g/mol. The van der Waals surface area contributed by atoms with Crippen LogP contribution in [0.4, 0.5) is 0 Å². The van der Waals surface area contributed by atoms with Gasteiger partial charge in [-0.2, -0.15) is 0 Å². The van der Waals surface area contributed by atoms with Gasteiger partial charge in [-0.1, -0.05) is 11.7 Å². The van der Waals surface area contributed by atoms with Gasteiger partial charge in [-0.25, -0.2) is 0 Å². The van der Waals surface area contributed by atoms with Crippen LogP contribution in [0, 0.1) is 0 Å². The minimum atomic E-state index is 0.444. The van der Waals surface area contributed by atoms with Gasteiger partial charge in [0.2, 0.25) is 0 Å². The first kappa shape index (κ1) is 5.41. The average Bonchev–Trinajstić information content (AvgIpc) is 2.14. The minimum absolute atomic E-state index is 0.444. The van der Waals surface area contributed by atoms with E-state index in [9.17, 15) is 0 Å². The largest absolute Gasteiger partial charge is 0.355 e. The van der Waals surface area contributed by atoms with Crippen LogP contribution in [0.3, 0.4) is 0 Å². The molecule has 0 aliphatic carbocycles. The Morgan fingerprint density at radius 2 is 2.75 bits per heavy atom. The van der Waals surface area contributed by atoms with Crippen molar-refractivity contribution in [3.63, 3.8) is 0 Å². The van der Waals surface area contributed by atoms with Crippen LogP contribution in [0.25, 0.3) is 0 Å². The number of nitrogens with one attached hydrogen (secondary N) is 1. The molecule has 0 spiro atoms. The first-order valence-corrected chi connectivity index (χ1v) is 2.88. The molecule has 0 radical (unpaired) electrons. The Morgan fingerprint density at radius 1 is 2.00 bits per heavy atom. The molecule has 46 valence electrons. The van der Waals surface area contributed by atoms with E-state index in [1.165, 1.54) is 4.74 Å². The van der Waals surface area contributed by atoms with E-state index >= 15 is 0 Å². The summed E-state index contributed by atoms with van der Waals surface area (Å²) in [5.41, 5.74) is 0.